The summed E-state index contributed by atoms with van der Waals surface area (Å²) in [5.74, 6) is 1.60. The maximum Gasteiger partial charge on any atom is 0.258 e. The molecule has 29 heavy (non-hydrogen) atoms. The molecule has 3 heterocycles. The standard InChI is InChI=1S/C22H20N4O2.ClH/c27-22-13-18(28-15-16-4-2-1-3-5-16)8-10-25(22)17-6-7-20-19(12-17)24-21-14-23-9-11-26(20)21;/h1-8,10,12-13,23H,9,11,14-15H2;1H. The number of fused-ring (bicyclic) bond motifs is 3. The minimum absolute atomic E-state index is 0. The third-order valence-corrected chi connectivity index (χ3v) is 5.02. The van der Waals surface area contributed by atoms with Gasteiger partial charge in [0.2, 0.25) is 0 Å². The lowest BCUT2D eigenvalue weighted by atomic mass is 10.2. The molecule has 0 unspecified atom stereocenters. The summed E-state index contributed by atoms with van der Waals surface area (Å²) in [4.78, 5) is 17.3. The predicted octanol–water partition coefficient (Wildman–Crippen LogP) is 3.29. The van der Waals surface area contributed by atoms with Crippen molar-refractivity contribution >= 4 is 23.4 Å². The lowest BCUT2D eigenvalue weighted by Crippen LogP contribution is -2.28. The van der Waals surface area contributed by atoms with E-state index in [1.54, 1.807) is 10.8 Å². The Balaban J connectivity index is 0.00000205. The van der Waals surface area contributed by atoms with Gasteiger partial charge in [-0.25, -0.2) is 4.98 Å². The summed E-state index contributed by atoms with van der Waals surface area (Å²) >= 11 is 0. The zero-order valence-corrected chi connectivity index (χ0v) is 16.6. The summed E-state index contributed by atoms with van der Waals surface area (Å²) < 4.78 is 9.60. The van der Waals surface area contributed by atoms with Gasteiger partial charge in [-0.2, -0.15) is 0 Å². The molecule has 4 aromatic rings. The van der Waals surface area contributed by atoms with Gasteiger partial charge in [0, 0.05) is 25.4 Å². The van der Waals surface area contributed by atoms with Crippen molar-refractivity contribution in [1.29, 1.82) is 0 Å². The van der Waals surface area contributed by atoms with E-state index in [0.717, 1.165) is 47.7 Å². The Labute approximate surface area is 174 Å². The minimum atomic E-state index is -0.129. The number of hydrogen-bond donors (Lipinski definition) is 1. The van der Waals surface area contributed by atoms with E-state index in [1.165, 1.54) is 6.07 Å². The van der Waals surface area contributed by atoms with E-state index in [9.17, 15) is 4.79 Å². The zero-order chi connectivity index (χ0) is 18.9. The molecule has 0 fully saturated rings. The fourth-order valence-corrected chi connectivity index (χ4v) is 3.60. The van der Waals surface area contributed by atoms with Crippen LogP contribution >= 0.6 is 12.4 Å². The Morgan fingerprint density at radius 2 is 1.93 bits per heavy atom. The molecule has 1 N–H and O–H groups in total. The van der Waals surface area contributed by atoms with Gasteiger partial charge in [0.1, 0.15) is 18.2 Å². The average Bonchev–Trinajstić information content (AvgIpc) is 3.11. The molecular formula is C22H21ClN4O2. The van der Waals surface area contributed by atoms with Crippen molar-refractivity contribution < 1.29 is 4.74 Å². The molecule has 7 heteroatoms. The molecule has 1 aliphatic rings. The number of pyridine rings is 1. The van der Waals surface area contributed by atoms with E-state index < -0.39 is 0 Å². The second kappa shape index (κ2) is 8.11. The lowest BCUT2D eigenvalue weighted by molar-refractivity contribution is 0.305. The summed E-state index contributed by atoms with van der Waals surface area (Å²) in [6.07, 6.45) is 1.75. The van der Waals surface area contributed by atoms with Gasteiger partial charge >= 0.3 is 0 Å². The maximum absolute atomic E-state index is 12.6. The number of benzene rings is 2. The molecule has 0 aliphatic carbocycles. The molecule has 0 atom stereocenters. The van der Waals surface area contributed by atoms with Crippen LogP contribution in [0.15, 0.2) is 71.7 Å². The van der Waals surface area contributed by atoms with E-state index in [-0.39, 0.29) is 18.0 Å². The molecule has 148 valence electrons. The molecule has 1 aliphatic heterocycles. The van der Waals surface area contributed by atoms with Crippen molar-refractivity contribution in [1.82, 2.24) is 19.4 Å². The van der Waals surface area contributed by atoms with Gasteiger partial charge in [0.05, 0.1) is 23.3 Å². The Hall–Kier alpha value is -3.09. The van der Waals surface area contributed by atoms with E-state index in [1.807, 2.05) is 54.6 Å². The smallest absolute Gasteiger partial charge is 0.258 e. The van der Waals surface area contributed by atoms with Crippen molar-refractivity contribution in [2.45, 2.75) is 19.7 Å². The number of ether oxygens (including phenoxy) is 1. The topological polar surface area (TPSA) is 61.1 Å². The van der Waals surface area contributed by atoms with Gasteiger partial charge in [-0.1, -0.05) is 30.3 Å². The number of halogens is 1. The van der Waals surface area contributed by atoms with Crippen LogP contribution in [-0.4, -0.2) is 20.7 Å². The highest BCUT2D eigenvalue weighted by Crippen LogP contribution is 2.21. The fourth-order valence-electron chi connectivity index (χ4n) is 3.60. The number of hydrogen-bond acceptors (Lipinski definition) is 4. The summed E-state index contributed by atoms with van der Waals surface area (Å²) in [6, 6.07) is 19.2. The van der Waals surface area contributed by atoms with Crippen molar-refractivity contribution in [3.63, 3.8) is 0 Å². The van der Waals surface area contributed by atoms with E-state index in [0.29, 0.717) is 12.4 Å². The van der Waals surface area contributed by atoms with E-state index in [2.05, 4.69) is 9.88 Å². The largest absolute Gasteiger partial charge is 0.489 e. The average molecular weight is 409 g/mol. The molecule has 5 rings (SSSR count). The van der Waals surface area contributed by atoms with Gasteiger partial charge in [-0.05, 0) is 29.8 Å². The van der Waals surface area contributed by atoms with Gasteiger partial charge in [0.15, 0.2) is 0 Å². The SMILES string of the molecule is Cl.O=c1cc(OCc2ccccc2)ccn1-c1ccc2c(c1)nc1n2CCNC1. The number of nitrogens with one attached hydrogen (secondary N) is 1. The third-order valence-electron chi connectivity index (χ3n) is 5.02. The minimum Gasteiger partial charge on any atom is -0.489 e. The number of aromatic nitrogens is 3. The number of imidazole rings is 1. The molecule has 0 radical (unpaired) electrons. The summed E-state index contributed by atoms with van der Waals surface area (Å²) in [7, 11) is 0. The molecule has 2 aromatic carbocycles. The Morgan fingerprint density at radius 1 is 1.07 bits per heavy atom. The van der Waals surface area contributed by atoms with Crippen molar-refractivity contribution in [3.05, 3.63) is 88.6 Å². The van der Waals surface area contributed by atoms with Crippen LogP contribution in [0.1, 0.15) is 11.4 Å². The monoisotopic (exact) mass is 408 g/mol. The molecule has 0 saturated heterocycles. The molecular weight excluding hydrogens is 388 g/mol. The highest BCUT2D eigenvalue weighted by Gasteiger charge is 2.14. The van der Waals surface area contributed by atoms with E-state index in [4.69, 9.17) is 9.72 Å². The molecule has 6 nitrogen and oxygen atoms in total. The molecule has 0 saturated carbocycles. The van der Waals surface area contributed by atoms with Gasteiger partial charge < -0.3 is 14.6 Å². The Bertz CT molecular complexity index is 1200. The Morgan fingerprint density at radius 3 is 2.76 bits per heavy atom. The van der Waals surface area contributed by atoms with Crippen LogP contribution in [0.4, 0.5) is 0 Å². The first-order chi connectivity index (χ1) is 13.8. The highest BCUT2D eigenvalue weighted by molar-refractivity contribution is 5.85. The predicted molar refractivity (Wildman–Crippen MR) is 115 cm³/mol. The van der Waals surface area contributed by atoms with Gasteiger partial charge in [0.25, 0.3) is 5.56 Å². The summed E-state index contributed by atoms with van der Waals surface area (Å²) in [5, 5.41) is 3.33. The van der Waals surface area contributed by atoms with E-state index >= 15 is 0 Å². The zero-order valence-electron chi connectivity index (χ0n) is 15.7. The van der Waals surface area contributed by atoms with Crippen LogP contribution in [0.5, 0.6) is 5.75 Å². The molecule has 2 aromatic heterocycles. The molecule has 0 amide bonds. The number of rotatable bonds is 4. The first kappa shape index (κ1) is 19.2. The third kappa shape index (κ3) is 3.77. The van der Waals surface area contributed by atoms with Crippen molar-refractivity contribution in [2.24, 2.45) is 0 Å². The maximum atomic E-state index is 12.6. The van der Waals surface area contributed by atoms with Gasteiger partial charge in [-0.3, -0.25) is 9.36 Å². The highest BCUT2D eigenvalue weighted by atomic mass is 35.5. The normalized spacial score (nSPS) is 13.0. The first-order valence-corrected chi connectivity index (χ1v) is 9.38. The van der Waals surface area contributed by atoms with Crippen LogP contribution < -0.4 is 15.6 Å². The second-order valence-electron chi connectivity index (χ2n) is 6.87. The van der Waals surface area contributed by atoms with Gasteiger partial charge in [-0.15, -0.1) is 12.4 Å². The van der Waals surface area contributed by atoms with Crippen LogP contribution in [0.3, 0.4) is 0 Å². The quantitative estimate of drug-likeness (QED) is 0.563. The second-order valence-corrected chi connectivity index (χ2v) is 6.87. The van der Waals surface area contributed by atoms with Crippen LogP contribution in [0.2, 0.25) is 0 Å². The first-order valence-electron chi connectivity index (χ1n) is 9.38. The Kier molecular flexibility index (Phi) is 5.38. The summed E-state index contributed by atoms with van der Waals surface area (Å²) in [5.41, 5.74) is 3.75. The fraction of sp³-hybridized carbons (Fsp3) is 0.182. The van der Waals surface area contributed by atoms with Crippen LogP contribution in [0, 0.1) is 0 Å². The van der Waals surface area contributed by atoms with Crippen molar-refractivity contribution in [3.8, 4) is 11.4 Å². The van der Waals surface area contributed by atoms with Crippen LogP contribution in [-0.2, 0) is 19.7 Å². The molecule has 0 spiro atoms. The van der Waals surface area contributed by atoms with Crippen LogP contribution in [0.25, 0.3) is 16.7 Å². The molecule has 0 bridgehead atoms. The van der Waals surface area contributed by atoms with Crippen molar-refractivity contribution in [2.75, 3.05) is 6.54 Å². The lowest BCUT2D eigenvalue weighted by Gasteiger charge is -2.15. The summed E-state index contributed by atoms with van der Waals surface area (Å²) in [6.45, 7) is 3.07. The number of nitrogens with zero attached hydrogens (tertiary/aromatic N) is 3.